The third kappa shape index (κ3) is 8.53. The van der Waals surface area contributed by atoms with Crippen LogP contribution in [-0.4, -0.2) is 17.2 Å². The predicted molar refractivity (Wildman–Crippen MR) is 39.8 cm³/mol. The second kappa shape index (κ2) is 9.52. The Bertz CT molecular complexity index is 117. The summed E-state index contributed by atoms with van der Waals surface area (Å²) in [6.07, 6.45) is 3.01. The zero-order chi connectivity index (χ0) is 8.69. The summed E-state index contributed by atoms with van der Waals surface area (Å²) in [7, 11) is 0. The number of aliphatic hydroxyl groups is 1. The van der Waals surface area contributed by atoms with Crippen molar-refractivity contribution in [2.45, 2.75) is 45.1 Å². The Hall–Kier alpha value is 0.430. The van der Waals surface area contributed by atoms with Crippen LogP contribution in [-0.2, 0) is 4.79 Å². The first-order valence-corrected chi connectivity index (χ1v) is 4.07. The van der Waals surface area contributed by atoms with Crippen LogP contribution in [0, 0.1) is 0 Å². The van der Waals surface area contributed by atoms with Crippen molar-refractivity contribution in [1.82, 2.24) is 0 Å². The number of hydrogen-bond donors (Lipinski definition) is 1. The van der Waals surface area contributed by atoms with Gasteiger partial charge in [0.1, 0.15) is 0 Å². The molecule has 0 aliphatic heterocycles. The van der Waals surface area contributed by atoms with Crippen LogP contribution in [0.2, 0.25) is 0 Å². The normalized spacial score (nSPS) is 11.8. The summed E-state index contributed by atoms with van der Waals surface area (Å²) in [5.41, 5.74) is 0. The van der Waals surface area contributed by atoms with Crippen LogP contribution in [0.15, 0.2) is 0 Å². The summed E-state index contributed by atoms with van der Waals surface area (Å²) < 4.78 is 0. The summed E-state index contributed by atoms with van der Waals surface area (Å²) >= 11 is 0. The number of unbranched alkanes of at least 4 members (excludes halogenated alkanes) is 3. The Morgan fingerprint density at radius 2 is 2.00 bits per heavy atom. The zero-order valence-electron chi connectivity index (χ0n) is 7.88. The van der Waals surface area contributed by atoms with Crippen molar-refractivity contribution in [2.75, 3.05) is 0 Å². The maximum absolute atomic E-state index is 10.0. The molecule has 0 aliphatic carbocycles. The molecule has 12 heavy (non-hydrogen) atoms. The van der Waals surface area contributed by atoms with Gasteiger partial charge in [-0.1, -0.05) is 32.6 Å². The number of carbonyl (C=O) groups is 1. The van der Waals surface area contributed by atoms with Crippen LogP contribution in [0.5, 0.6) is 0 Å². The molecule has 0 saturated carbocycles. The van der Waals surface area contributed by atoms with E-state index >= 15 is 0 Å². The fourth-order valence-electron chi connectivity index (χ4n) is 0.882. The quantitative estimate of drug-likeness (QED) is 0.353. The van der Waals surface area contributed by atoms with Crippen LogP contribution >= 0.6 is 0 Å². The molecule has 1 N–H and O–H groups in total. The smallest absolute Gasteiger partial charge is 0.547 e. The molecule has 0 aliphatic rings. The molecule has 66 valence electrons. The SMILES string of the molecule is CCCCCC[C@H](O)C(=O)[O-].[Na+]. The summed E-state index contributed by atoms with van der Waals surface area (Å²) in [5.74, 6) is -1.36. The Balaban J connectivity index is 0. The molecular weight excluding hydrogens is 167 g/mol. The molecule has 0 spiro atoms. The van der Waals surface area contributed by atoms with E-state index in [1.807, 2.05) is 0 Å². The van der Waals surface area contributed by atoms with Crippen LogP contribution in [0.4, 0.5) is 0 Å². The third-order valence-electron chi connectivity index (χ3n) is 1.60. The van der Waals surface area contributed by atoms with Gasteiger partial charge in [0.05, 0.1) is 12.1 Å². The maximum atomic E-state index is 10.0. The van der Waals surface area contributed by atoms with Crippen molar-refractivity contribution in [2.24, 2.45) is 0 Å². The minimum Gasteiger partial charge on any atom is -0.547 e. The summed E-state index contributed by atoms with van der Waals surface area (Å²) in [4.78, 5) is 10.0. The van der Waals surface area contributed by atoms with Crippen LogP contribution in [0.25, 0.3) is 0 Å². The van der Waals surface area contributed by atoms with Crippen molar-refractivity contribution < 1.29 is 44.6 Å². The predicted octanol–water partition coefficient (Wildman–Crippen LogP) is -2.93. The van der Waals surface area contributed by atoms with Gasteiger partial charge in [0.15, 0.2) is 0 Å². The number of carboxylic acid groups (broad SMARTS) is 1. The van der Waals surface area contributed by atoms with Gasteiger partial charge in [-0.2, -0.15) is 0 Å². The van der Waals surface area contributed by atoms with Crippen molar-refractivity contribution in [1.29, 1.82) is 0 Å². The van der Waals surface area contributed by atoms with Crippen molar-refractivity contribution >= 4 is 5.97 Å². The summed E-state index contributed by atoms with van der Waals surface area (Å²) in [6.45, 7) is 2.08. The van der Waals surface area contributed by atoms with Crippen LogP contribution in [0.1, 0.15) is 39.0 Å². The third-order valence-corrected chi connectivity index (χ3v) is 1.60. The number of hydrogen-bond acceptors (Lipinski definition) is 3. The van der Waals surface area contributed by atoms with E-state index in [0.717, 1.165) is 25.7 Å². The van der Waals surface area contributed by atoms with Gasteiger partial charge in [0.2, 0.25) is 0 Å². The molecule has 0 rings (SSSR count). The van der Waals surface area contributed by atoms with Gasteiger partial charge in [-0.05, 0) is 6.42 Å². The van der Waals surface area contributed by atoms with E-state index in [9.17, 15) is 9.90 Å². The molecule has 0 saturated heterocycles. The van der Waals surface area contributed by atoms with Gasteiger partial charge in [-0.15, -0.1) is 0 Å². The Morgan fingerprint density at radius 3 is 2.42 bits per heavy atom. The summed E-state index contributed by atoms with van der Waals surface area (Å²) in [6, 6.07) is 0. The number of aliphatic hydroxyl groups excluding tert-OH is 1. The van der Waals surface area contributed by atoms with Gasteiger partial charge >= 0.3 is 29.6 Å². The van der Waals surface area contributed by atoms with E-state index in [0.29, 0.717) is 6.42 Å². The number of carbonyl (C=O) groups excluding carboxylic acids is 1. The average molecular weight is 182 g/mol. The van der Waals surface area contributed by atoms with Gasteiger partial charge in [0.25, 0.3) is 0 Å². The van der Waals surface area contributed by atoms with Crippen LogP contribution in [0.3, 0.4) is 0 Å². The molecule has 0 aromatic heterocycles. The fraction of sp³-hybridized carbons (Fsp3) is 0.875. The van der Waals surface area contributed by atoms with E-state index < -0.39 is 12.1 Å². The zero-order valence-corrected chi connectivity index (χ0v) is 9.88. The topological polar surface area (TPSA) is 60.4 Å². The van der Waals surface area contributed by atoms with Crippen molar-refractivity contribution in [3.05, 3.63) is 0 Å². The standard InChI is InChI=1S/C8H16O3.Na/c1-2-3-4-5-6-7(9)8(10)11;/h7,9H,2-6H2,1H3,(H,10,11);/q;+1/p-1/t7-;/m0./s1. The molecule has 0 fully saturated rings. The number of carboxylic acids is 1. The first kappa shape index (κ1) is 14.9. The molecule has 1 atom stereocenters. The molecule has 0 unspecified atom stereocenters. The first-order chi connectivity index (χ1) is 5.18. The minimum absolute atomic E-state index is 0. The monoisotopic (exact) mass is 182 g/mol. The van der Waals surface area contributed by atoms with E-state index in [1.165, 1.54) is 0 Å². The molecule has 0 bridgehead atoms. The minimum atomic E-state index is -1.36. The largest absolute Gasteiger partial charge is 1.00 e. The van der Waals surface area contributed by atoms with E-state index in [1.54, 1.807) is 0 Å². The molecule has 0 aromatic carbocycles. The number of aliphatic carboxylic acids is 1. The number of rotatable bonds is 6. The summed E-state index contributed by atoms with van der Waals surface area (Å²) in [5, 5.41) is 18.8. The molecular formula is C8H15NaO3. The second-order valence-corrected chi connectivity index (χ2v) is 2.68. The average Bonchev–Trinajstić information content (AvgIpc) is 1.97. The van der Waals surface area contributed by atoms with Gasteiger partial charge in [-0.3, -0.25) is 0 Å². The molecule has 4 heteroatoms. The van der Waals surface area contributed by atoms with Crippen molar-refractivity contribution in [3.8, 4) is 0 Å². The first-order valence-electron chi connectivity index (χ1n) is 4.07. The van der Waals surface area contributed by atoms with E-state index in [-0.39, 0.29) is 29.6 Å². The molecule has 0 amide bonds. The Morgan fingerprint density at radius 1 is 1.42 bits per heavy atom. The van der Waals surface area contributed by atoms with E-state index in [2.05, 4.69) is 6.92 Å². The van der Waals surface area contributed by atoms with E-state index in [4.69, 9.17) is 5.11 Å². The Labute approximate surface area is 95.5 Å². The van der Waals surface area contributed by atoms with Crippen LogP contribution < -0.4 is 34.7 Å². The second-order valence-electron chi connectivity index (χ2n) is 2.68. The van der Waals surface area contributed by atoms with Gasteiger partial charge < -0.3 is 15.0 Å². The van der Waals surface area contributed by atoms with Gasteiger partial charge in [0, 0.05) is 0 Å². The van der Waals surface area contributed by atoms with Crippen molar-refractivity contribution in [3.63, 3.8) is 0 Å². The molecule has 3 nitrogen and oxygen atoms in total. The molecule has 0 aromatic rings. The fourth-order valence-corrected chi connectivity index (χ4v) is 0.882. The molecule has 0 radical (unpaired) electrons. The Kier molecular flexibility index (Phi) is 11.8. The maximum Gasteiger partial charge on any atom is 1.00 e. The molecule has 0 heterocycles. The van der Waals surface area contributed by atoms with Gasteiger partial charge in [-0.25, -0.2) is 0 Å².